The number of aromatic nitrogens is 2. The smallest absolute Gasteiger partial charge is 0.274 e. The number of anilines is 3. The van der Waals surface area contributed by atoms with E-state index in [9.17, 15) is 13.6 Å². The Bertz CT molecular complexity index is 1070. The highest BCUT2D eigenvalue weighted by Crippen LogP contribution is 2.32. The SMILES string of the molecule is Cc1cc(C(=O)Nc2ccc3c(c2)OCCO3)nc(Nc2c(F)cccc2F)n1. The van der Waals surface area contributed by atoms with E-state index in [1.165, 1.54) is 12.1 Å². The third kappa shape index (κ3) is 4.08. The van der Waals surface area contributed by atoms with Gasteiger partial charge in [0.15, 0.2) is 11.5 Å². The van der Waals surface area contributed by atoms with Crippen molar-refractivity contribution in [2.24, 2.45) is 0 Å². The average molecular weight is 398 g/mol. The first-order chi connectivity index (χ1) is 14.0. The van der Waals surface area contributed by atoms with Gasteiger partial charge in [0.25, 0.3) is 5.91 Å². The zero-order valence-corrected chi connectivity index (χ0v) is 15.3. The molecule has 2 aromatic carbocycles. The second kappa shape index (κ2) is 7.70. The zero-order valence-electron chi connectivity index (χ0n) is 15.3. The van der Waals surface area contributed by atoms with Crippen LogP contribution in [-0.2, 0) is 0 Å². The second-order valence-electron chi connectivity index (χ2n) is 6.25. The fraction of sp³-hybridized carbons (Fsp3) is 0.150. The summed E-state index contributed by atoms with van der Waals surface area (Å²) in [6, 6.07) is 9.95. The van der Waals surface area contributed by atoms with Crippen LogP contribution in [0.15, 0.2) is 42.5 Å². The Kier molecular flexibility index (Phi) is 4.94. The van der Waals surface area contributed by atoms with E-state index in [1.807, 2.05) is 0 Å². The topological polar surface area (TPSA) is 85.4 Å². The Morgan fingerprint density at radius 1 is 1.00 bits per heavy atom. The van der Waals surface area contributed by atoms with Gasteiger partial charge >= 0.3 is 0 Å². The summed E-state index contributed by atoms with van der Waals surface area (Å²) in [6.45, 7) is 2.54. The van der Waals surface area contributed by atoms with Crippen LogP contribution >= 0.6 is 0 Å². The van der Waals surface area contributed by atoms with Crippen molar-refractivity contribution in [2.45, 2.75) is 6.92 Å². The molecule has 1 amide bonds. The van der Waals surface area contributed by atoms with Crippen molar-refractivity contribution in [2.75, 3.05) is 23.8 Å². The molecule has 7 nitrogen and oxygen atoms in total. The molecule has 0 saturated carbocycles. The molecule has 3 aromatic rings. The zero-order chi connectivity index (χ0) is 20.4. The average Bonchev–Trinajstić information content (AvgIpc) is 2.70. The van der Waals surface area contributed by atoms with Crippen LogP contribution in [0.5, 0.6) is 11.5 Å². The van der Waals surface area contributed by atoms with E-state index in [4.69, 9.17) is 9.47 Å². The quantitative estimate of drug-likeness (QED) is 0.695. The molecule has 0 fully saturated rings. The van der Waals surface area contributed by atoms with Gasteiger partial charge in [0.1, 0.15) is 36.2 Å². The molecule has 148 valence electrons. The number of para-hydroxylation sites is 1. The van der Waals surface area contributed by atoms with Crippen molar-refractivity contribution in [1.82, 2.24) is 9.97 Å². The molecule has 0 spiro atoms. The monoisotopic (exact) mass is 398 g/mol. The Balaban J connectivity index is 1.56. The number of carbonyl (C=O) groups excluding carboxylic acids is 1. The van der Waals surface area contributed by atoms with E-state index in [0.717, 1.165) is 12.1 Å². The van der Waals surface area contributed by atoms with Gasteiger partial charge < -0.3 is 20.1 Å². The highest BCUT2D eigenvalue weighted by atomic mass is 19.1. The number of amides is 1. The number of hydrogen-bond acceptors (Lipinski definition) is 6. The Hall–Kier alpha value is -3.75. The fourth-order valence-corrected chi connectivity index (χ4v) is 2.79. The Morgan fingerprint density at radius 3 is 2.48 bits per heavy atom. The van der Waals surface area contributed by atoms with E-state index < -0.39 is 23.2 Å². The lowest BCUT2D eigenvalue weighted by Gasteiger charge is -2.19. The predicted octanol–water partition coefficient (Wildman–Crippen LogP) is 3.83. The maximum Gasteiger partial charge on any atom is 0.274 e. The lowest BCUT2D eigenvalue weighted by Crippen LogP contribution is -2.17. The molecule has 1 aromatic heterocycles. The van der Waals surface area contributed by atoms with Crippen molar-refractivity contribution in [1.29, 1.82) is 0 Å². The number of fused-ring (bicyclic) bond motifs is 1. The Labute approximate surface area is 164 Å². The summed E-state index contributed by atoms with van der Waals surface area (Å²) in [4.78, 5) is 20.8. The van der Waals surface area contributed by atoms with Crippen LogP contribution < -0.4 is 20.1 Å². The number of nitrogens with one attached hydrogen (secondary N) is 2. The van der Waals surface area contributed by atoms with Gasteiger partial charge in [-0.3, -0.25) is 4.79 Å². The molecule has 0 saturated heterocycles. The first-order valence-corrected chi connectivity index (χ1v) is 8.77. The van der Waals surface area contributed by atoms with Gasteiger partial charge in [0.05, 0.1) is 0 Å². The minimum atomic E-state index is -0.794. The number of benzene rings is 2. The number of ether oxygens (including phenoxy) is 2. The molecule has 29 heavy (non-hydrogen) atoms. The van der Waals surface area contributed by atoms with Crippen molar-refractivity contribution >= 4 is 23.2 Å². The number of aryl methyl sites for hydroxylation is 1. The first kappa shape index (κ1) is 18.6. The molecule has 1 aliphatic rings. The predicted molar refractivity (Wildman–Crippen MR) is 102 cm³/mol. The van der Waals surface area contributed by atoms with Crippen LogP contribution in [0, 0.1) is 18.6 Å². The molecule has 0 radical (unpaired) electrons. The van der Waals surface area contributed by atoms with Gasteiger partial charge in [0, 0.05) is 17.4 Å². The molecule has 0 unspecified atom stereocenters. The summed E-state index contributed by atoms with van der Waals surface area (Å²) in [6.07, 6.45) is 0. The third-order valence-corrected chi connectivity index (χ3v) is 4.09. The molecule has 0 atom stereocenters. The molecule has 0 aliphatic carbocycles. The minimum Gasteiger partial charge on any atom is -0.486 e. The highest BCUT2D eigenvalue weighted by molar-refractivity contribution is 6.03. The van der Waals surface area contributed by atoms with Crippen LogP contribution in [0.1, 0.15) is 16.2 Å². The summed E-state index contributed by atoms with van der Waals surface area (Å²) < 4.78 is 38.7. The number of halogens is 2. The van der Waals surface area contributed by atoms with Crippen LogP contribution in [0.3, 0.4) is 0 Å². The lowest BCUT2D eigenvalue weighted by molar-refractivity contribution is 0.102. The van der Waals surface area contributed by atoms with Gasteiger partial charge in [-0.15, -0.1) is 0 Å². The van der Waals surface area contributed by atoms with Gasteiger partial charge in [-0.05, 0) is 37.3 Å². The van der Waals surface area contributed by atoms with E-state index in [1.54, 1.807) is 25.1 Å². The van der Waals surface area contributed by atoms with Crippen LogP contribution in [-0.4, -0.2) is 29.1 Å². The van der Waals surface area contributed by atoms with Crippen molar-refractivity contribution in [3.05, 3.63) is 65.5 Å². The summed E-state index contributed by atoms with van der Waals surface area (Å²) in [5.74, 6) is -1.06. The maximum atomic E-state index is 13.9. The number of nitrogens with zero attached hydrogens (tertiary/aromatic N) is 2. The van der Waals surface area contributed by atoms with Crippen molar-refractivity contribution in [3.63, 3.8) is 0 Å². The Morgan fingerprint density at radius 2 is 1.72 bits per heavy atom. The van der Waals surface area contributed by atoms with E-state index >= 15 is 0 Å². The highest BCUT2D eigenvalue weighted by Gasteiger charge is 2.16. The first-order valence-electron chi connectivity index (χ1n) is 8.77. The number of rotatable bonds is 4. The lowest BCUT2D eigenvalue weighted by atomic mass is 10.2. The van der Waals surface area contributed by atoms with Gasteiger partial charge in [0.2, 0.25) is 5.95 Å². The minimum absolute atomic E-state index is 0.0339. The summed E-state index contributed by atoms with van der Waals surface area (Å²) in [5, 5.41) is 5.20. The van der Waals surface area contributed by atoms with Crippen molar-refractivity contribution < 1.29 is 23.0 Å². The van der Waals surface area contributed by atoms with E-state index in [-0.39, 0.29) is 11.6 Å². The summed E-state index contributed by atoms with van der Waals surface area (Å²) >= 11 is 0. The van der Waals surface area contributed by atoms with E-state index in [0.29, 0.717) is 36.1 Å². The maximum absolute atomic E-state index is 13.9. The van der Waals surface area contributed by atoms with Gasteiger partial charge in [-0.2, -0.15) is 0 Å². The van der Waals surface area contributed by atoms with Crippen LogP contribution in [0.25, 0.3) is 0 Å². The molecule has 2 N–H and O–H groups in total. The largest absolute Gasteiger partial charge is 0.486 e. The molecular formula is C20H16F2N4O3. The molecule has 4 rings (SSSR count). The standard InChI is InChI=1S/C20H16F2N4O3/c1-11-9-15(25-20(23-11)26-18-13(21)3-2-4-14(18)22)19(27)24-12-5-6-16-17(10-12)29-8-7-28-16/h2-6,9-10H,7-8H2,1H3,(H,24,27)(H,23,25,26). The third-order valence-electron chi connectivity index (χ3n) is 4.09. The molecule has 1 aliphatic heterocycles. The number of carbonyl (C=O) groups is 1. The van der Waals surface area contributed by atoms with Crippen LogP contribution in [0.4, 0.5) is 26.1 Å². The molecule has 2 heterocycles. The van der Waals surface area contributed by atoms with Crippen LogP contribution in [0.2, 0.25) is 0 Å². The summed E-state index contributed by atoms with van der Waals surface area (Å²) in [5.41, 5.74) is 0.583. The fourth-order valence-electron chi connectivity index (χ4n) is 2.79. The van der Waals surface area contributed by atoms with Gasteiger partial charge in [-0.1, -0.05) is 6.07 Å². The molecule has 0 bridgehead atoms. The summed E-state index contributed by atoms with van der Waals surface area (Å²) in [7, 11) is 0. The number of hydrogen-bond donors (Lipinski definition) is 2. The molecular weight excluding hydrogens is 382 g/mol. The molecule has 9 heteroatoms. The van der Waals surface area contributed by atoms with Gasteiger partial charge in [-0.25, -0.2) is 18.7 Å². The van der Waals surface area contributed by atoms with E-state index in [2.05, 4.69) is 20.6 Å². The normalized spacial score (nSPS) is 12.4. The second-order valence-corrected chi connectivity index (χ2v) is 6.25. The van der Waals surface area contributed by atoms with Crippen molar-refractivity contribution in [3.8, 4) is 11.5 Å².